The Morgan fingerprint density at radius 1 is 1.18 bits per heavy atom. The Morgan fingerprint density at radius 3 is 2.45 bits per heavy atom. The molecule has 0 unspecified atom stereocenters. The number of aromatic amines is 1. The van der Waals surface area contributed by atoms with E-state index in [1.165, 1.54) is 12.1 Å². The summed E-state index contributed by atoms with van der Waals surface area (Å²) < 4.78 is 4.80. The first-order chi connectivity index (χ1) is 10.5. The molecule has 0 fully saturated rings. The van der Waals surface area contributed by atoms with Gasteiger partial charge in [-0.05, 0) is 19.1 Å². The van der Waals surface area contributed by atoms with Crippen molar-refractivity contribution in [3.63, 3.8) is 0 Å². The molecule has 0 aliphatic rings. The van der Waals surface area contributed by atoms with Gasteiger partial charge >= 0.3 is 5.97 Å². The summed E-state index contributed by atoms with van der Waals surface area (Å²) >= 11 is 11.8. The number of aromatic nitrogens is 4. The predicted octanol–water partition coefficient (Wildman–Crippen LogP) is 2.35. The Balaban J connectivity index is 2.29. The number of nitrogens with one attached hydrogen (secondary N) is 1. The number of halogens is 2. The lowest BCUT2D eigenvalue weighted by Gasteiger charge is -2.04. The van der Waals surface area contributed by atoms with Crippen LogP contribution in [0.5, 0.6) is 0 Å². The number of carbonyl (C=O) groups is 1. The summed E-state index contributed by atoms with van der Waals surface area (Å²) in [5.74, 6) is -0.967. The van der Waals surface area contributed by atoms with Crippen LogP contribution in [-0.2, 0) is 4.74 Å². The maximum absolute atomic E-state index is 12.0. The zero-order valence-electron chi connectivity index (χ0n) is 11.2. The van der Waals surface area contributed by atoms with Crippen LogP contribution in [0.15, 0.2) is 16.9 Å². The Kier molecular flexibility index (Phi) is 3.67. The zero-order valence-corrected chi connectivity index (χ0v) is 12.7. The van der Waals surface area contributed by atoms with Crippen molar-refractivity contribution in [3.8, 4) is 0 Å². The van der Waals surface area contributed by atoms with E-state index in [0.717, 1.165) is 0 Å². The third kappa shape index (κ3) is 2.49. The van der Waals surface area contributed by atoms with E-state index >= 15 is 0 Å². The van der Waals surface area contributed by atoms with E-state index in [-0.39, 0.29) is 23.6 Å². The second kappa shape index (κ2) is 5.51. The first kappa shape index (κ1) is 14.7. The van der Waals surface area contributed by atoms with Crippen molar-refractivity contribution >= 4 is 51.4 Å². The zero-order chi connectivity index (χ0) is 15.9. The number of nitrogens with zero attached hydrogens (tertiary/aromatic N) is 3. The number of carbonyl (C=O) groups excluding carboxylic acids is 1. The highest BCUT2D eigenvalue weighted by atomic mass is 35.5. The Labute approximate surface area is 133 Å². The van der Waals surface area contributed by atoms with Crippen LogP contribution >= 0.6 is 23.2 Å². The summed E-state index contributed by atoms with van der Waals surface area (Å²) in [6.07, 6.45) is 0. The molecule has 2 aromatic heterocycles. The van der Waals surface area contributed by atoms with Crippen LogP contribution in [0.4, 0.5) is 0 Å². The van der Waals surface area contributed by atoms with Crippen LogP contribution in [0, 0.1) is 0 Å². The summed E-state index contributed by atoms with van der Waals surface area (Å²) in [7, 11) is 0. The van der Waals surface area contributed by atoms with Crippen molar-refractivity contribution in [1.29, 1.82) is 0 Å². The molecular formula is C13H8Cl2N4O3. The van der Waals surface area contributed by atoms with Crippen molar-refractivity contribution in [1.82, 2.24) is 19.9 Å². The average Bonchev–Trinajstić information content (AvgIpc) is 2.47. The summed E-state index contributed by atoms with van der Waals surface area (Å²) in [4.78, 5) is 38.4. The van der Waals surface area contributed by atoms with Crippen molar-refractivity contribution in [2.75, 3.05) is 6.61 Å². The lowest BCUT2D eigenvalue weighted by molar-refractivity contribution is 0.0512. The van der Waals surface area contributed by atoms with Crippen molar-refractivity contribution in [2.45, 2.75) is 6.92 Å². The van der Waals surface area contributed by atoms with Crippen LogP contribution in [-0.4, -0.2) is 32.5 Å². The van der Waals surface area contributed by atoms with E-state index in [9.17, 15) is 9.59 Å². The molecule has 0 aliphatic heterocycles. The Morgan fingerprint density at radius 2 is 1.82 bits per heavy atom. The third-order valence-corrected chi connectivity index (χ3v) is 3.54. The highest BCUT2D eigenvalue weighted by Crippen LogP contribution is 2.26. The molecule has 0 atom stereocenters. The average molecular weight is 339 g/mol. The number of hydrogen-bond donors (Lipinski definition) is 1. The minimum absolute atomic E-state index is 0.000984. The first-order valence-corrected chi connectivity index (χ1v) is 6.99. The minimum atomic E-state index is -0.738. The number of fused-ring (bicyclic) bond motifs is 2. The number of ether oxygens (including phenoxy) is 1. The van der Waals surface area contributed by atoms with Crippen LogP contribution in [0.1, 0.15) is 17.5 Å². The number of rotatable bonds is 2. The van der Waals surface area contributed by atoms with Gasteiger partial charge < -0.3 is 4.74 Å². The normalized spacial score (nSPS) is 11.0. The predicted molar refractivity (Wildman–Crippen MR) is 81.4 cm³/mol. The minimum Gasteiger partial charge on any atom is -0.460 e. The van der Waals surface area contributed by atoms with E-state index in [0.29, 0.717) is 21.1 Å². The topological polar surface area (TPSA) is 97.8 Å². The fourth-order valence-electron chi connectivity index (χ4n) is 1.87. The highest BCUT2D eigenvalue weighted by Gasteiger charge is 2.15. The van der Waals surface area contributed by atoms with E-state index in [1.807, 2.05) is 0 Å². The fourth-order valence-corrected chi connectivity index (χ4v) is 2.19. The van der Waals surface area contributed by atoms with Crippen LogP contribution in [0.3, 0.4) is 0 Å². The van der Waals surface area contributed by atoms with Gasteiger partial charge in [0.2, 0.25) is 5.82 Å². The Bertz CT molecular complexity index is 971. The van der Waals surface area contributed by atoms with Gasteiger partial charge in [0.15, 0.2) is 11.2 Å². The molecule has 0 aliphatic carbocycles. The van der Waals surface area contributed by atoms with Gasteiger partial charge in [-0.2, -0.15) is 0 Å². The van der Waals surface area contributed by atoms with Crippen LogP contribution < -0.4 is 5.56 Å². The molecule has 22 heavy (non-hydrogen) atoms. The van der Waals surface area contributed by atoms with Crippen molar-refractivity contribution in [3.05, 3.63) is 38.4 Å². The lowest BCUT2D eigenvalue weighted by atomic mass is 10.3. The van der Waals surface area contributed by atoms with Crippen molar-refractivity contribution in [2.24, 2.45) is 0 Å². The van der Waals surface area contributed by atoms with Gasteiger partial charge in [0.1, 0.15) is 0 Å². The van der Waals surface area contributed by atoms with E-state index in [2.05, 4.69) is 19.9 Å². The number of esters is 1. The summed E-state index contributed by atoms with van der Waals surface area (Å²) in [6, 6.07) is 3.02. The summed E-state index contributed by atoms with van der Waals surface area (Å²) in [5.41, 5.74) is 0.248. The second-order valence-corrected chi connectivity index (χ2v) is 5.10. The number of hydrogen-bond acceptors (Lipinski definition) is 6. The molecule has 3 aromatic rings. The van der Waals surface area contributed by atoms with E-state index in [4.69, 9.17) is 27.9 Å². The molecule has 0 saturated heterocycles. The first-order valence-electron chi connectivity index (χ1n) is 6.23. The van der Waals surface area contributed by atoms with Gasteiger partial charge in [0.25, 0.3) is 5.56 Å². The van der Waals surface area contributed by atoms with Crippen LogP contribution in [0.25, 0.3) is 22.2 Å². The van der Waals surface area contributed by atoms with Gasteiger partial charge in [0, 0.05) is 0 Å². The maximum Gasteiger partial charge on any atom is 0.374 e. The van der Waals surface area contributed by atoms with E-state index < -0.39 is 11.5 Å². The molecule has 0 spiro atoms. The van der Waals surface area contributed by atoms with Crippen LogP contribution in [0.2, 0.25) is 10.0 Å². The highest BCUT2D eigenvalue weighted by molar-refractivity contribution is 6.42. The van der Waals surface area contributed by atoms with Gasteiger partial charge in [0.05, 0.1) is 27.7 Å². The standard InChI is InChI=1S/C13H8Cl2N4O3/c1-2-22-13(21)11-18-10-9(12(20)19-11)16-7-3-5(14)6(15)4-8(7)17-10/h3-4H,2H2,1H3,(H,17,18,19,20). The number of H-pyrrole nitrogens is 1. The van der Waals surface area contributed by atoms with Gasteiger partial charge in [-0.15, -0.1) is 0 Å². The molecule has 3 rings (SSSR count). The molecule has 1 N–H and O–H groups in total. The molecule has 0 amide bonds. The molecule has 112 valence electrons. The summed E-state index contributed by atoms with van der Waals surface area (Å²) in [6.45, 7) is 1.81. The molecular weight excluding hydrogens is 331 g/mol. The van der Waals surface area contributed by atoms with Gasteiger partial charge in [-0.1, -0.05) is 23.2 Å². The molecule has 0 radical (unpaired) electrons. The largest absolute Gasteiger partial charge is 0.460 e. The summed E-state index contributed by atoms with van der Waals surface area (Å²) in [5, 5.41) is 0.605. The molecule has 9 heteroatoms. The third-order valence-electron chi connectivity index (χ3n) is 2.82. The van der Waals surface area contributed by atoms with Gasteiger partial charge in [-0.25, -0.2) is 19.7 Å². The monoisotopic (exact) mass is 338 g/mol. The molecule has 7 nitrogen and oxygen atoms in total. The van der Waals surface area contributed by atoms with E-state index in [1.54, 1.807) is 6.92 Å². The Hall–Kier alpha value is -2.25. The molecule has 0 saturated carbocycles. The smallest absolute Gasteiger partial charge is 0.374 e. The molecule has 2 heterocycles. The fraction of sp³-hybridized carbons (Fsp3) is 0.154. The maximum atomic E-state index is 12.0. The van der Waals surface area contributed by atoms with Gasteiger partial charge in [-0.3, -0.25) is 9.78 Å². The second-order valence-electron chi connectivity index (χ2n) is 4.29. The molecule has 0 bridgehead atoms. The number of benzene rings is 1. The molecule has 1 aromatic carbocycles. The van der Waals surface area contributed by atoms with Crippen molar-refractivity contribution < 1.29 is 9.53 Å². The quantitative estimate of drug-likeness (QED) is 0.568. The lowest BCUT2D eigenvalue weighted by Crippen LogP contribution is -2.19. The SMILES string of the molecule is CCOC(=O)c1nc2nc3cc(Cl)c(Cl)cc3nc2c(=O)[nH]1.